The van der Waals surface area contributed by atoms with Crippen LogP contribution in [0.5, 0.6) is 0 Å². The number of carbonyl (C=O) groups excluding carboxylic acids is 5. The van der Waals surface area contributed by atoms with Crippen molar-refractivity contribution in [3.63, 3.8) is 0 Å². The fraction of sp³-hybridized carbons (Fsp3) is 0.821. The lowest BCUT2D eigenvalue weighted by Crippen LogP contribution is -2.48. The molecule has 3 atom stereocenters. The van der Waals surface area contributed by atoms with Gasteiger partial charge in [0, 0.05) is 65.3 Å². The van der Waals surface area contributed by atoms with Crippen LogP contribution in [-0.2, 0) is 24.0 Å². The van der Waals surface area contributed by atoms with E-state index in [9.17, 15) is 24.0 Å². The highest BCUT2D eigenvalue weighted by molar-refractivity contribution is 8.04. The average Bonchev–Trinajstić information content (AvgIpc) is 2.86. The third-order valence-electron chi connectivity index (χ3n) is 6.99. The molecule has 0 spiro atoms. The third-order valence-corrected chi connectivity index (χ3v) is 10.0. The third kappa shape index (κ3) is 15.3. The van der Waals surface area contributed by atoms with Crippen LogP contribution in [0, 0.1) is 5.41 Å². The van der Waals surface area contributed by atoms with Crippen LogP contribution < -0.4 is 27.0 Å². The largest absolute Gasteiger partial charge is 0.368 e. The molecule has 2 unspecified atom stereocenters. The summed E-state index contributed by atoms with van der Waals surface area (Å²) >= 11 is 3.89. The second-order valence-corrected chi connectivity index (χ2v) is 14.6. The van der Waals surface area contributed by atoms with Crippen molar-refractivity contribution in [1.82, 2.24) is 21.3 Å². The van der Waals surface area contributed by atoms with Gasteiger partial charge in [-0.3, -0.25) is 24.0 Å². The number of thioether (sulfide) groups is 2. The molecule has 0 aromatic carbocycles. The van der Waals surface area contributed by atoms with Gasteiger partial charge in [-0.05, 0) is 39.5 Å². The van der Waals surface area contributed by atoms with Gasteiger partial charge in [0.05, 0.1) is 6.54 Å². The summed E-state index contributed by atoms with van der Waals surface area (Å²) in [5, 5.41) is 12.7. The molecule has 1 aliphatic carbocycles. The minimum absolute atomic E-state index is 0.00270. The molecule has 0 aromatic heterocycles. The molecule has 0 bridgehead atoms. The van der Waals surface area contributed by atoms with Gasteiger partial charge in [-0.15, -0.1) is 0 Å². The second-order valence-electron chi connectivity index (χ2n) is 11.9. The Morgan fingerprint density at radius 3 is 1.95 bits per heavy atom. The molecule has 4 amide bonds. The molecule has 1 saturated carbocycles. The SMILES string of the molecule is CCC(C)(C)NCCSC1CCC1SCCNC(=O)[C@@H](CCC(=O)C(C)(C)C)NC(=O)CCC(=O)NCC(N)=O. The van der Waals surface area contributed by atoms with E-state index < -0.39 is 29.2 Å². The molecule has 0 aliphatic heterocycles. The highest BCUT2D eigenvalue weighted by Crippen LogP contribution is 2.39. The van der Waals surface area contributed by atoms with E-state index in [1.807, 2.05) is 44.3 Å². The lowest BCUT2D eigenvalue weighted by atomic mass is 9.87. The highest BCUT2D eigenvalue weighted by Gasteiger charge is 2.31. The Morgan fingerprint density at radius 2 is 1.43 bits per heavy atom. The zero-order valence-electron chi connectivity index (χ0n) is 25.2. The summed E-state index contributed by atoms with van der Waals surface area (Å²) in [6.45, 7) is 13.3. The van der Waals surface area contributed by atoms with Crippen molar-refractivity contribution in [2.24, 2.45) is 11.1 Å². The number of amides is 4. The summed E-state index contributed by atoms with van der Waals surface area (Å²) in [5.74, 6) is -0.103. The van der Waals surface area contributed by atoms with E-state index in [-0.39, 0.29) is 49.5 Å². The standard InChI is InChI=1S/C28H51N5O5S2/c1-7-28(5,6)32-15-17-40-21-10-9-20(21)39-16-14-30-26(38)19(8-11-22(34)27(2,3)4)33-25(37)13-12-24(36)31-18-23(29)35/h19-21,32H,7-18H2,1-6H3,(H2,29,35)(H,30,38)(H,31,36)(H,33,37)/t19-,20?,21?/m1/s1. The number of nitrogens with two attached hydrogens (primary N) is 1. The molecule has 1 aliphatic rings. The molecule has 230 valence electrons. The first kappa shape index (κ1) is 36.2. The summed E-state index contributed by atoms with van der Waals surface area (Å²) in [6, 6.07) is -0.871. The maximum atomic E-state index is 12.9. The number of hydrogen-bond acceptors (Lipinski definition) is 8. The van der Waals surface area contributed by atoms with Crippen LogP contribution in [0.1, 0.15) is 86.5 Å². The quantitative estimate of drug-likeness (QED) is 0.133. The van der Waals surface area contributed by atoms with Gasteiger partial charge >= 0.3 is 0 Å². The molecule has 6 N–H and O–H groups in total. The van der Waals surface area contributed by atoms with Crippen LogP contribution in [0.25, 0.3) is 0 Å². The van der Waals surface area contributed by atoms with Crippen molar-refractivity contribution in [2.45, 2.75) is 109 Å². The number of hydrogen-bond donors (Lipinski definition) is 5. The number of Topliss-reactive ketones (excluding diaryl/α,β-unsaturated/α-hetero) is 1. The van der Waals surface area contributed by atoms with E-state index in [0.717, 1.165) is 24.5 Å². The normalized spacial score (nSPS) is 17.9. The molecule has 12 heteroatoms. The molecule has 40 heavy (non-hydrogen) atoms. The molecule has 0 radical (unpaired) electrons. The summed E-state index contributed by atoms with van der Waals surface area (Å²) < 4.78 is 0. The predicted molar refractivity (Wildman–Crippen MR) is 164 cm³/mol. The number of carbonyl (C=O) groups is 5. The summed E-state index contributed by atoms with van der Waals surface area (Å²) in [6.07, 6.45) is 3.55. The molecular formula is C28H51N5O5S2. The van der Waals surface area contributed by atoms with Gasteiger partial charge in [-0.25, -0.2) is 0 Å². The zero-order valence-corrected chi connectivity index (χ0v) is 26.8. The Bertz CT molecular complexity index is 863. The van der Waals surface area contributed by atoms with Crippen LogP contribution in [-0.4, -0.2) is 82.6 Å². The van der Waals surface area contributed by atoms with Crippen LogP contribution >= 0.6 is 23.5 Å². The topological polar surface area (TPSA) is 159 Å². The molecular weight excluding hydrogens is 550 g/mol. The van der Waals surface area contributed by atoms with Gasteiger partial charge in [0.1, 0.15) is 11.8 Å². The fourth-order valence-electron chi connectivity index (χ4n) is 3.74. The van der Waals surface area contributed by atoms with E-state index in [1.165, 1.54) is 12.8 Å². The minimum atomic E-state index is -0.871. The number of rotatable bonds is 20. The van der Waals surface area contributed by atoms with Gasteiger partial charge in [-0.2, -0.15) is 23.5 Å². The Balaban J connectivity index is 2.48. The van der Waals surface area contributed by atoms with E-state index in [0.29, 0.717) is 17.0 Å². The Hall–Kier alpha value is -1.79. The van der Waals surface area contributed by atoms with E-state index in [2.05, 4.69) is 42.0 Å². The first-order valence-electron chi connectivity index (χ1n) is 14.3. The van der Waals surface area contributed by atoms with Crippen LogP contribution in [0.4, 0.5) is 0 Å². The van der Waals surface area contributed by atoms with Crippen molar-refractivity contribution >= 4 is 52.9 Å². The van der Waals surface area contributed by atoms with Crippen molar-refractivity contribution in [3.05, 3.63) is 0 Å². The van der Waals surface area contributed by atoms with Crippen molar-refractivity contribution < 1.29 is 24.0 Å². The minimum Gasteiger partial charge on any atom is -0.368 e. The second kappa shape index (κ2) is 17.9. The lowest BCUT2D eigenvalue weighted by Gasteiger charge is -2.36. The van der Waals surface area contributed by atoms with E-state index in [4.69, 9.17) is 5.73 Å². The summed E-state index contributed by atoms with van der Waals surface area (Å²) in [7, 11) is 0. The van der Waals surface area contributed by atoms with Gasteiger partial charge in [0.25, 0.3) is 0 Å². The first-order valence-corrected chi connectivity index (χ1v) is 16.4. The number of nitrogens with one attached hydrogen (secondary N) is 4. The van der Waals surface area contributed by atoms with Crippen molar-refractivity contribution in [1.29, 1.82) is 0 Å². The Morgan fingerprint density at radius 1 is 0.850 bits per heavy atom. The maximum absolute atomic E-state index is 12.9. The maximum Gasteiger partial charge on any atom is 0.242 e. The van der Waals surface area contributed by atoms with Gasteiger partial charge in [0.2, 0.25) is 23.6 Å². The average molecular weight is 602 g/mol. The zero-order chi connectivity index (χ0) is 30.3. The van der Waals surface area contributed by atoms with E-state index >= 15 is 0 Å². The number of ketones is 1. The Kier molecular flexibility index (Phi) is 16.2. The lowest BCUT2D eigenvalue weighted by molar-refractivity contribution is -0.131. The van der Waals surface area contributed by atoms with Crippen molar-refractivity contribution in [2.75, 3.05) is 31.1 Å². The van der Waals surface area contributed by atoms with Crippen LogP contribution in [0.15, 0.2) is 0 Å². The molecule has 10 nitrogen and oxygen atoms in total. The number of primary amides is 1. The fourth-order valence-corrected chi connectivity index (χ4v) is 6.56. The van der Waals surface area contributed by atoms with Gasteiger partial charge < -0.3 is 27.0 Å². The smallest absolute Gasteiger partial charge is 0.242 e. The summed E-state index contributed by atoms with van der Waals surface area (Å²) in [5.41, 5.74) is 4.63. The van der Waals surface area contributed by atoms with E-state index in [1.54, 1.807) is 0 Å². The van der Waals surface area contributed by atoms with Crippen molar-refractivity contribution in [3.8, 4) is 0 Å². The molecule has 0 aromatic rings. The molecule has 1 fully saturated rings. The molecule has 1 rings (SSSR count). The van der Waals surface area contributed by atoms with Crippen LogP contribution in [0.3, 0.4) is 0 Å². The summed E-state index contributed by atoms with van der Waals surface area (Å²) in [4.78, 5) is 60.4. The predicted octanol–water partition coefficient (Wildman–Crippen LogP) is 2.14. The van der Waals surface area contributed by atoms with Gasteiger partial charge in [-0.1, -0.05) is 27.7 Å². The first-order chi connectivity index (χ1) is 18.6. The monoisotopic (exact) mass is 601 g/mol. The Labute approximate surface area is 248 Å². The molecule has 0 saturated heterocycles. The molecule has 0 heterocycles. The van der Waals surface area contributed by atoms with Gasteiger partial charge in [0.15, 0.2) is 0 Å². The van der Waals surface area contributed by atoms with Crippen LogP contribution in [0.2, 0.25) is 0 Å². The highest BCUT2D eigenvalue weighted by atomic mass is 32.2.